The lowest BCUT2D eigenvalue weighted by Crippen LogP contribution is -2.40. The van der Waals surface area contributed by atoms with E-state index in [4.69, 9.17) is 14.5 Å². The first-order chi connectivity index (χ1) is 21.0. The molecule has 0 bridgehead atoms. The monoisotopic (exact) mass is 590 g/mol. The van der Waals surface area contributed by atoms with E-state index in [1.807, 2.05) is 84.9 Å². The summed E-state index contributed by atoms with van der Waals surface area (Å²) in [5.74, 6) is -0.383. The number of rotatable bonds is 8. The first-order valence-electron chi connectivity index (χ1n) is 13.8. The van der Waals surface area contributed by atoms with Crippen LogP contribution in [0.1, 0.15) is 35.2 Å². The van der Waals surface area contributed by atoms with Crippen molar-refractivity contribution in [3.8, 4) is 5.75 Å². The molecule has 0 radical (unpaired) electrons. The van der Waals surface area contributed by atoms with Crippen LogP contribution in [-0.4, -0.2) is 17.1 Å². The predicted octanol–water partition coefficient (Wildman–Crippen LogP) is 5.65. The lowest BCUT2D eigenvalue weighted by atomic mass is 9.93. The summed E-state index contributed by atoms with van der Waals surface area (Å²) in [6.07, 6.45) is 1.78. The van der Waals surface area contributed by atoms with Crippen LogP contribution in [0.3, 0.4) is 0 Å². The van der Waals surface area contributed by atoms with E-state index in [1.165, 1.54) is 28.0 Å². The molecule has 6 nitrogen and oxygen atoms in total. The second-order valence-electron chi connectivity index (χ2n) is 9.80. The van der Waals surface area contributed by atoms with E-state index < -0.39 is 17.8 Å². The maximum atomic E-state index is 14.1. The Balaban J connectivity index is 1.53. The maximum Gasteiger partial charge on any atom is 0.338 e. The minimum atomic E-state index is -0.877. The summed E-state index contributed by atoms with van der Waals surface area (Å²) in [6, 6.07) is 31.6. The summed E-state index contributed by atoms with van der Waals surface area (Å²) in [5, 5.41) is 0. The maximum absolute atomic E-state index is 14.1. The third-order valence-corrected chi connectivity index (χ3v) is 7.99. The van der Waals surface area contributed by atoms with Crippen LogP contribution in [0.25, 0.3) is 11.8 Å². The van der Waals surface area contributed by atoms with Gasteiger partial charge in [0.15, 0.2) is 4.80 Å². The fraction of sp³-hybridized carbons (Fsp3) is 0.114. The summed E-state index contributed by atoms with van der Waals surface area (Å²) in [4.78, 5) is 32.9. The molecule has 2 heterocycles. The molecule has 1 aromatic heterocycles. The van der Waals surface area contributed by atoms with Gasteiger partial charge in [-0.15, -0.1) is 0 Å². The Kier molecular flexibility index (Phi) is 8.11. The van der Waals surface area contributed by atoms with Gasteiger partial charge in [0.1, 0.15) is 18.2 Å². The Morgan fingerprint density at radius 1 is 0.930 bits per heavy atom. The summed E-state index contributed by atoms with van der Waals surface area (Å²) in [5.41, 5.74) is 3.32. The Hall–Kier alpha value is -5.08. The number of nitrogens with zero attached hydrogens (tertiary/aromatic N) is 2. The number of halogens is 1. The Bertz CT molecular complexity index is 1980. The molecule has 0 fully saturated rings. The van der Waals surface area contributed by atoms with Crippen molar-refractivity contribution >= 4 is 29.1 Å². The number of esters is 1. The fourth-order valence-electron chi connectivity index (χ4n) is 5.01. The number of ether oxygens (including phenoxy) is 2. The summed E-state index contributed by atoms with van der Waals surface area (Å²) in [7, 11) is 0. The molecule has 0 unspecified atom stereocenters. The van der Waals surface area contributed by atoms with Crippen molar-refractivity contribution in [1.29, 1.82) is 0 Å². The van der Waals surface area contributed by atoms with Crippen molar-refractivity contribution in [3.63, 3.8) is 0 Å². The van der Waals surface area contributed by atoms with Crippen LogP contribution in [0.4, 0.5) is 4.39 Å². The van der Waals surface area contributed by atoms with Gasteiger partial charge in [-0.25, -0.2) is 14.2 Å². The largest absolute Gasteiger partial charge is 0.488 e. The molecule has 43 heavy (non-hydrogen) atoms. The van der Waals surface area contributed by atoms with E-state index in [1.54, 1.807) is 25.1 Å². The van der Waals surface area contributed by atoms with Crippen LogP contribution >= 0.6 is 11.3 Å². The van der Waals surface area contributed by atoms with E-state index in [2.05, 4.69) is 0 Å². The zero-order valence-electron chi connectivity index (χ0n) is 23.3. The summed E-state index contributed by atoms with van der Waals surface area (Å²) in [6.45, 7) is 2.24. The third kappa shape index (κ3) is 5.82. The Labute approximate surface area is 251 Å². The molecule has 0 N–H and O–H groups in total. The summed E-state index contributed by atoms with van der Waals surface area (Å²) < 4.78 is 27.5. The number of fused-ring (bicyclic) bond motifs is 1. The predicted molar refractivity (Wildman–Crippen MR) is 165 cm³/mol. The van der Waals surface area contributed by atoms with Gasteiger partial charge in [0.25, 0.3) is 5.56 Å². The van der Waals surface area contributed by atoms with Crippen LogP contribution in [0, 0.1) is 5.82 Å². The first-order valence-corrected chi connectivity index (χ1v) is 14.6. The molecular weight excluding hydrogens is 563 g/mol. The average Bonchev–Trinajstić information content (AvgIpc) is 3.35. The highest BCUT2D eigenvalue weighted by Gasteiger charge is 2.35. The van der Waals surface area contributed by atoms with Gasteiger partial charge in [-0.3, -0.25) is 9.36 Å². The first kappa shape index (κ1) is 28.1. The number of hydrogen-bond donors (Lipinski definition) is 0. The van der Waals surface area contributed by atoms with Crippen molar-refractivity contribution in [2.45, 2.75) is 19.6 Å². The highest BCUT2D eigenvalue weighted by molar-refractivity contribution is 7.07. The number of carbonyl (C=O) groups is 1. The van der Waals surface area contributed by atoms with E-state index in [0.717, 1.165) is 11.1 Å². The number of aromatic nitrogens is 1. The number of carbonyl (C=O) groups excluding carboxylic acids is 1. The minimum absolute atomic E-state index is 0.144. The standard InChI is InChI=1S/C35H27FN2O4S/c1-2-41-34(40)30-31(24-13-7-4-8-14-24)37-35-38(32(30)25-17-19-27(36)20-18-25)33(39)29(43-35)21-26-15-9-10-16-28(26)42-22-23-11-5-3-6-12-23/h3-21,32H,2,22H2,1H3/t32-/m0/s1. The molecule has 4 aromatic carbocycles. The van der Waals surface area contributed by atoms with Gasteiger partial charge in [0, 0.05) is 11.1 Å². The Morgan fingerprint density at radius 3 is 2.33 bits per heavy atom. The highest BCUT2D eigenvalue weighted by Crippen LogP contribution is 2.35. The van der Waals surface area contributed by atoms with Crippen molar-refractivity contribution < 1.29 is 18.7 Å². The van der Waals surface area contributed by atoms with Crippen molar-refractivity contribution in [3.05, 3.63) is 163 Å². The highest BCUT2D eigenvalue weighted by atomic mass is 32.1. The number of thiazole rings is 1. The molecule has 1 atom stereocenters. The number of para-hydroxylation sites is 1. The quantitative estimate of drug-likeness (QED) is 0.219. The van der Waals surface area contributed by atoms with Gasteiger partial charge in [-0.1, -0.05) is 102 Å². The SMILES string of the molecule is CCOC(=O)C1=C(c2ccccc2)N=c2sc(=Cc3ccccc3OCc3ccccc3)c(=O)n2[C@H]1c1ccc(F)cc1. The van der Waals surface area contributed by atoms with Gasteiger partial charge < -0.3 is 9.47 Å². The molecule has 8 heteroatoms. The lowest BCUT2D eigenvalue weighted by molar-refractivity contribution is -0.138. The van der Waals surface area contributed by atoms with Crippen LogP contribution in [0.2, 0.25) is 0 Å². The van der Waals surface area contributed by atoms with Gasteiger partial charge in [0.2, 0.25) is 0 Å². The number of hydrogen-bond acceptors (Lipinski definition) is 6. The van der Waals surface area contributed by atoms with Crippen LogP contribution in [0.5, 0.6) is 5.75 Å². The molecule has 0 saturated heterocycles. The molecular formula is C35H27FN2O4S. The van der Waals surface area contributed by atoms with Crippen molar-refractivity contribution in [1.82, 2.24) is 4.57 Å². The number of benzene rings is 4. The van der Waals surface area contributed by atoms with E-state index in [-0.39, 0.29) is 17.7 Å². The van der Waals surface area contributed by atoms with Crippen LogP contribution < -0.4 is 19.6 Å². The van der Waals surface area contributed by atoms with Gasteiger partial charge in [-0.05, 0) is 42.3 Å². The lowest BCUT2D eigenvalue weighted by Gasteiger charge is -2.25. The molecule has 1 aliphatic heterocycles. The normalized spacial score (nSPS) is 14.7. The van der Waals surface area contributed by atoms with Crippen LogP contribution in [-0.2, 0) is 16.1 Å². The third-order valence-electron chi connectivity index (χ3n) is 7.00. The van der Waals surface area contributed by atoms with Gasteiger partial charge in [-0.2, -0.15) is 0 Å². The second kappa shape index (κ2) is 12.4. The zero-order valence-corrected chi connectivity index (χ0v) is 24.1. The van der Waals surface area contributed by atoms with Gasteiger partial charge in [0.05, 0.1) is 28.5 Å². The zero-order chi connectivity index (χ0) is 29.8. The van der Waals surface area contributed by atoms with Gasteiger partial charge >= 0.3 is 5.97 Å². The van der Waals surface area contributed by atoms with Crippen molar-refractivity contribution in [2.75, 3.05) is 6.61 Å². The van der Waals surface area contributed by atoms with E-state index in [0.29, 0.717) is 38.5 Å². The average molecular weight is 591 g/mol. The molecule has 0 saturated carbocycles. The molecule has 1 aliphatic rings. The van der Waals surface area contributed by atoms with E-state index >= 15 is 0 Å². The second-order valence-corrected chi connectivity index (χ2v) is 10.8. The molecule has 0 aliphatic carbocycles. The minimum Gasteiger partial charge on any atom is -0.488 e. The smallest absolute Gasteiger partial charge is 0.338 e. The Morgan fingerprint density at radius 2 is 1.60 bits per heavy atom. The molecule has 5 aromatic rings. The molecule has 6 rings (SSSR count). The fourth-order valence-corrected chi connectivity index (χ4v) is 6.00. The molecule has 0 spiro atoms. The van der Waals surface area contributed by atoms with Crippen LogP contribution in [0.15, 0.2) is 125 Å². The summed E-state index contributed by atoms with van der Waals surface area (Å²) >= 11 is 1.22. The molecule has 214 valence electrons. The molecule has 0 amide bonds. The van der Waals surface area contributed by atoms with Crippen molar-refractivity contribution in [2.24, 2.45) is 4.99 Å². The topological polar surface area (TPSA) is 69.9 Å². The van der Waals surface area contributed by atoms with E-state index in [9.17, 15) is 14.0 Å².